The standard InChI is InChI=1S/C12H6B2O/c13-7-1-3-11-9(5-7)10-6-8(14)2-4-12(10)15-11/h1-6H. The van der Waals surface area contributed by atoms with Crippen molar-refractivity contribution in [3.8, 4) is 0 Å². The van der Waals surface area contributed by atoms with Gasteiger partial charge in [-0.05, 0) is 12.1 Å². The van der Waals surface area contributed by atoms with E-state index < -0.39 is 0 Å². The van der Waals surface area contributed by atoms with E-state index in [-0.39, 0.29) is 0 Å². The molecule has 0 spiro atoms. The van der Waals surface area contributed by atoms with Crippen LogP contribution in [0.1, 0.15) is 0 Å². The maximum atomic E-state index is 5.74. The summed E-state index contributed by atoms with van der Waals surface area (Å²) in [6.45, 7) is 0. The van der Waals surface area contributed by atoms with Crippen LogP contribution < -0.4 is 10.9 Å². The lowest BCUT2D eigenvalue weighted by atomic mass is 9.92. The highest BCUT2D eigenvalue weighted by molar-refractivity contribution is 6.35. The zero-order chi connectivity index (χ0) is 10.4. The summed E-state index contributed by atoms with van der Waals surface area (Å²) in [6.07, 6.45) is 0. The second kappa shape index (κ2) is 2.93. The number of fused-ring (bicyclic) bond motifs is 3. The van der Waals surface area contributed by atoms with Crippen molar-refractivity contribution in [3.05, 3.63) is 36.4 Å². The van der Waals surface area contributed by atoms with Gasteiger partial charge < -0.3 is 4.42 Å². The van der Waals surface area contributed by atoms with E-state index in [9.17, 15) is 0 Å². The van der Waals surface area contributed by atoms with Gasteiger partial charge in [0, 0.05) is 10.8 Å². The number of hydrogen-bond acceptors (Lipinski definition) is 1. The third-order valence-electron chi connectivity index (χ3n) is 2.52. The van der Waals surface area contributed by atoms with Crippen molar-refractivity contribution in [2.24, 2.45) is 0 Å². The number of hydrogen-bond donors (Lipinski definition) is 0. The first-order valence-electron chi connectivity index (χ1n) is 4.71. The number of rotatable bonds is 0. The summed E-state index contributed by atoms with van der Waals surface area (Å²) in [5.41, 5.74) is 3.13. The molecule has 1 aromatic heterocycles. The van der Waals surface area contributed by atoms with Crippen LogP contribution in [0.2, 0.25) is 0 Å². The summed E-state index contributed by atoms with van der Waals surface area (Å²) in [5.74, 6) is 0. The van der Waals surface area contributed by atoms with Gasteiger partial charge >= 0.3 is 0 Å². The predicted molar refractivity (Wildman–Crippen MR) is 64.5 cm³/mol. The molecule has 0 fully saturated rings. The Bertz CT molecular complexity index is 599. The predicted octanol–water partition coefficient (Wildman–Crippen LogP) is 1.17. The van der Waals surface area contributed by atoms with Gasteiger partial charge in [0.15, 0.2) is 0 Å². The van der Waals surface area contributed by atoms with Gasteiger partial charge in [-0.2, -0.15) is 0 Å². The summed E-state index contributed by atoms with van der Waals surface area (Å²) >= 11 is 0. The van der Waals surface area contributed by atoms with E-state index >= 15 is 0 Å². The van der Waals surface area contributed by atoms with Crippen LogP contribution in [0.5, 0.6) is 0 Å². The maximum Gasteiger partial charge on any atom is 0.135 e. The Kier molecular flexibility index (Phi) is 1.69. The molecule has 0 saturated carbocycles. The molecule has 0 aliphatic heterocycles. The van der Waals surface area contributed by atoms with Gasteiger partial charge in [-0.15, -0.1) is 0 Å². The van der Waals surface area contributed by atoms with Gasteiger partial charge in [0.1, 0.15) is 26.9 Å². The zero-order valence-corrected chi connectivity index (χ0v) is 8.03. The molecule has 0 aliphatic rings. The first kappa shape index (κ1) is 8.66. The molecule has 66 valence electrons. The molecule has 1 nitrogen and oxygen atoms in total. The van der Waals surface area contributed by atoms with E-state index in [1.807, 2.05) is 36.4 Å². The van der Waals surface area contributed by atoms with E-state index in [4.69, 9.17) is 20.1 Å². The van der Waals surface area contributed by atoms with Gasteiger partial charge in [0.2, 0.25) is 0 Å². The van der Waals surface area contributed by atoms with E-state index in [0.29, 0.717) is 0 Å². The molecule has 3 aromatic rings. The first-order chi connectivity index (χ1) is 7.24. The molecule has 0 amide bonds. The van der Waals surface area contributed by atoms with Crippen molar-refractivity contribution in [2.75, 3.05) is 0 Å². The largest absolute Gasteiger partial charge is 0.456 e. The Morgan fingerprint density at radius 3 is 1.67 bits per heavy atom. The highest BCUT2D eigenvalue weighted by Crippen LogP contribution is 2.26. The van der Waals surface area contributed by atoms with Crippen LogP contribution in [-0.2, 0) is 0 Å². The summed E-state index contributed by atoms with van der Waals surface area (Å²) in [5, 5.41) is 2.02. The minimum absolute atomic E-state index is 0.729. The average Bonchev–Trinajstić information content (AvgIpc) is 2.56. The topological polar surface area (TPSA) is 13.1 Å². The van der Waals surface area contributed by atoms with Crippen LogP contribution in [0, 0.1) is 0 Å². The Morgan fingerprint density at radius 2 is 1.20 bits per heavy atom. The van der Waals surface area contributed by atoms with Crippen molar-refractivity contribution in [3.63, 3.8) is 0 Å². The molecule has 3 heteroatoms. The Labute approximate surface area is 89.9 Å². The first-order valence-corrected chi connectivity index (χ1v) is 4.71. The lowest BCUT2D eigenvalue weighted by molar-refractivity contribution is 0.669. The summed E-state index contributed by atoms with van der Waals surface area (Å²) in [7, 11) is 11.5. The normalized spacial score (nSPS) is 11.2. The maximum absolute atomic E-state index is 5.74. The molecule has 4 radical (unpaired) electrons. The lowest BCUT2D eigenvalue weighted by Crippen LogP contribution is -2.00. The third kappa shape index (κ3) is 1.27. The molecule has 0 bridgehead atoms. The molecule has 0 aliphatic carbocycles. The van der Waals surface area contributed by atoms with Crippen LogP contribution >= 0.6 is 0 Å². The van der Waals surface area contributed by atoms with Crippen LogP contribution in [0.25, 0.3) is 21.9 Å². The third-order valence-corrected chi connectivity index (χ3v) is 2.52. The quantitative estimate of drug-likeness (QED) is 0.482. The molecule has 0 saturated heterocycles. The highest BCUT2D eigenvalue weighted by atomic mass is 16.3. The van der Waals surface area contributed by atoms with Crippen LogP contribution in [0.3, 0.4) is 0 Å². The van der Waals surface area contributed by atoms with Gasteiger partial charge in [-0.3, -0.25) is 0 Å². The van der Waals surface area contributed by atoms with E-state index in [1.165, 1.54) is 0 Å². The molecule has 0 atom stereocenters. The SMILES string of the molecule is [B]c1ccc2oc3ccc([B])cc3c2c1. The molecule has 1 heterocycles. The minimum atomic E-state index is 0.729. The molecule has 3 rings (SSSR count). The zero-order valence-electron chi connectivity index (χ0n) is 8.03. The second-order valence-electron chi connectivity index (χ2n) is 3.61. The molecule has 0 N–H and O–H groups in total. The van der Waals surface area contributed by atoms with E-state index in [2.05, 4.69) is 0 Å². The number of benzene rings is 2. The molecular weight excluding hydrogens is 182 g/mol. The molecule has 15 heavy (non-hydrogen) atoms. The van der Waals surface area contributed by atoms with E-state index in [1.54, 1.807) is 0 Å². The second-order valence-corrected chi connectivity index (χ2v) is 3.61. The van der Waals surface area contributed by atoms with Crippen molar-refractivity contribution >= 4 is 48.6 Å². The Hall–Kier alpha value is -1.63. The fourth-order valence-electron chi connectivity index (χ4n) is 1.81. The van der Waals surface area contributed by atoms with Crippen molar-refractivity contribution in [1.29, 1.82) is 0 Å². The van der Waals surface area contributed by atoms with Gasteiger partial charge in [0.05, 0.1) is 0 Å². The lowest BCUT2D eigenvalue weighted by Gasteiger charge is -1.93. The van der Waals surface area contributed by atoms with Gasteiger partial charge in [-0.25, -0.2) is 0 Å². The summed E-state index contributed by atoms with van der Waals surface area (Å²) < 4.78 is 5.65. The van der Waals surface area contributed by atoms with E-state index in [0.717, 1.165) is 32.9 Å². The fourth-order valence-corrected chi connectivity index (χ4v) is 1.81. The molecule has 2 aromatic carbocycles. The summed E-state index contributed by atoms with van der Waals surface area (Å²) in [4.78, 5) is 0. The minimum Gasteiger partial charge on any atom is -0.456 e. The van der Waals surface area contributed by atoms with Crippen LogP contribution in [-0.4, -0.2) is 15.7 Å². The van der Waals surface area contributed by atoms with Gasteiger partial charge in [0.25, 0.3) is 0 Å². The fraction of sp³-hybridized carbons (Fsp3) is 0. The Balaban J connectivity index is 2.55. The van der Waals surface area contributed by atoms with Crippen LogP contribution in [0.15, 0.2) is 40.8 Å². The van der Waals surface area contributed by atoms with Crippen molar-refractivity contribution in [2.45, 2.75) is 0 Å². The Morgan fingerprint density at radius 1 is 0.733 bits per heavy atom. The van der Waals surface area contributed by atoms with Crippen molar-refractivity contribution in [1.82, 2.24) is 0 Å². The molecule has 0 unspecified atom stereocenters. The van der Waals surface area contributed by atoms with Gasteiger partial charge in [-0.1, -0.05) is 35.2 Å². The highest BCUT2D eigenvalue weighted by Gasteiger charge is 2.05. The van der Waals surface area contributed by atoms with Crippen LogP contribution in [0.4, 0.5) is 0 Å². The summed E-state index contributed by atoms with van der Waals surface area (Å²) in [6, 6.07) is 11.2. The van der Waals surface area contributed by atoms with Crippen molar-refractivity contribution < 1.29 is 4.42 Å². The average molecular weight is 188 g/mol. The number of furan rings is 1. The smallest absolute Gasteiger partial charge is 0.135 e. The molecular formula is C12H6B2O. The monoisotopic (exact) mass is 188 g/mol.